The normalized spacial score (nSPS) is 28.4. The largest absolute Gasteiger partial charge is 0.508 e. The molecule has 2 fully saturated rings. The van der Waals surface area contributed by atoms with Gasteiger partial charge >= 0.3 is 0 Å². The molecule has 5 heteroatoms. The molecule has 166 valence electrons. The van der Waals surface area contributed by atoms with Gasteiger partial charge in [-0.05, 0) is 55.4 Å². The Kier molecular flexibility index (Phi) is 6.33. The predicted octanol–water partition coefficient (Wildman–Crippen LogP) is 4.71. The van der Waals surface area contributed by atoms with Crippen molar-refractivity contribution in [2.24, 2.45) is 17.8 Å². The molecule has 2 aliphatic heterocycles. The Balaban J connectivity index is 1.53. The van der Waals surface area contributed by atoms with Crippen LogP contribution in [0.4, 0.5) is 0 Å². The first-order valence-corrected chi connectivity index (χ1v) is 11.6. The number of ether oxygens (including phenoxy) is 1. The minimum atomic E-state index is -0.240. The van der Waals surface area contributed by atoms with Crippen molar-refractivity contribution in [1.82, 2.24) is 4.90 Å². The highest BCUT2D eigenvalue weighted by Crippen LogP contribution is 2.50. The van der Waals surface area contributed by atoms with E-state index >= 15 is 0 Å². The fourth-order valence-electron chi connectivity index (χ4n) is 5.68. The van der Waals surface area contributed by atoms with Gasteiger partial charge in [-0.1, -0.05) is 49.6 Å². The summed E-state index contributed by atoms with van der Waals surface area (Å²) in [4.78, 5) is 26.7. The van der Waals surface area contributed by atoms with Gasteiger partial charge in [-0.3, -0.25) is 14.5 Å². The number of carbonyl (C=O) groups excluding carboxylic acids is 2. The van der Waals surface area contributed by atoms with Crippen LogP contribution in [0, 0.1) is 17.8 Å². The van der Waals surface area contributed by atoms with Crippen molar-refractivity contribution in [3.05, 3.63) is 46.5 Å². The number of phenolic OH excluding ortho intramolecular Hbond substituents is 1. The van der Waals surface area contributed by atoms with E-state index in [1.807, 2.05) is 12.1 Å². The van der Waals surface area contributed by atoms with Gasteiger partial charge in [-0.2, -0.15) is 0 Å². The molecule has 0 radical (unpaired) electrons. The number of benzene rings is 1. The highest BCUT2D eigenvalue weighted by atomic mass is 16.5. The molecule has 5 nitrogen and oxygen atoms in total. The van der Waals surface area contributed by atoms with Crippen LogP contribution in [0.1, 0.15) is 57.9 Å². The van der Waals surface area contributed by atoms with Crippen molar-refractivity contribution >= 4 is 17.9 Å². The first kappa shape index (κ1) is 21.8. The van der Waals surface area contributed by atoms with Crippen LogP contribution < -0.4 is 0 Å². The lowest BCUT2D eigenvalue weighted by Gasteiger charge is -2.31. The van der Waals surface area contributed by atoms with Crippen molar-refractivity contribution in [2.45, 2.75) is 58.5 Å². The summed E-state index contributed by atoms with van der Waals surface area (Å²) in [7, 11) is 1.62. The van der Waals surface area contributed by atoms with Crippen LogP contribution in [0.2, 0.25) is 0 Å². The van der Waals surface area contributed by atoms with E-state index in [1.54, 1.807) is 19.2 Å². The molecule has 0 saturated carbocycles. The second-order valence-electron chi connectivity index (χ2n) is 9.10. The van der Waals surface area contributed by atoms with Crippen molar-refractivity contribution in [2.75, 3.05) is 13.7 Å². The second-order valence-corrected chi connectivity index (χ2v) is 9.10. The number of allylic oxidation sites excluding steroid dienone is 2. The number of hydrogen-bond donors (Lipinski definition) is 1. The molecule has 2 saturated heterocycles. The van der Waals surface area contributed by atoms with Crippen LogP contribution in [0.25, 0.3) is 6.08 Å². The molecule has 0 unspecified atom stereocenters. The number of phenols is 1. The number of rotatable bonds is 7. The quantitative estimate of drug-likeness (QED) is 0.509. The number of carbonyl (C=O) groups is 2. The zero-order chi connectivity index (χ0) is 22.1. The highest BCUT2D eigenvalue weighted by Gasteiger charge is 2.55. The smallest absolute Gasteiger partial charge is 0.233 e. The average Bonchev–Trinajstić information content (AvgIpc) is 3.28. The fraction of sp³-hybridized carbons (Fsp3) is 0.538. The van der Waals surface area contributed by atoms with Crippen molar-refractivity contribution in [3.63, 3.8) is 0 Å². The average molecular weight is 424 g/mol. The SMILES string of the molecule is CCC/C(=C\c1ccc(O)cc1)CC[C@H]1OC[C@H]2C1=C(CC)C[C@H]1C(=O)N(C)C(=O)[C@H]12. The van der Waals surface area contributed by atoms with Crippen LogP contribution in [-0.2, 0) is 14.3 Å². The Hall–Kier alpha value is -2.40. The van der Waals surface area contributed by atoms with Crippen LogP contribution in [0.5, 0.6) is 5.75 Å². The van der Waals surface area contributed by atoms with Gasteiger partial charge < -0.3 is 9.84 Å². The molecule has 2 amide bonds. The first-order chi connectivity index (χ1) is 14.9. The van der Waals surface area contributed by atoms with Gasteiger partial charge in [0.2, 0.25) is 11.8 Å². The van der Waals surface area contributed by atoms with Gasteiger partial charge in [0.25, 0.3) is 0 Å². The van der Waals surface area contributed by atoms with Crippen molar-refractivity contribution < 1.29 is 19.4 Å². The minimum Gasteiger partial charge on any atom is -0.508 e. The summed E-state index contributed by atoms with van der Waals surface area (Å²) < 4.78 is 6.25. The number of amides is 2. The van der Waals surface area contributed by atoms with Crippen LogP contribution >= 0.6 is 0 Å². The Morgan fingerprint density at radius 3 is 2.55 bits per heavy atom. The Morgan fingerprint density at radius 2 is 1.87 bits per heavy atom. The van der Waals surface area contributed by atoms with Gasteiger partial charge in [-0.15, -0.1) is 0 Å². The topological polar surface area (TPSA) is 66.8 Å². The molecular formula is C26H33NO4. The maximum absolute atomic E-state index is 12.8. The standard InChI is InChI=1S/C26H33NO4/c1-4-6-16(13-17-7-10-19(28)11-8-17)9-12-22-23-18(5-2)14-20-24(21(23)15-31-22)26(30)27(3)25(20)29/h7-8,10-11,13,20-22,24,28H,4-6,9,12,14-15H2,1-3H3/b16-13+/t20-,21+,22-,24-/m1/s1. The maximum Gasteiger partial charge on any atom is 0.233 e. The number of fused-ring (bicyclic) bond motifs is 3. The van der Waals surface area contributed by atoms with E-state index in [-0.39, 0.29) is 41.4 Å². The highest BCUT2D eigenvalue weighted by molar-refractivity contribution is 6.05. The molecule has 3 aliphatic rings. The van der Waals surface area contributed by atoms with E-state index in [4.69, 9.17) is 4.74 Å². The molecule has 1 aliphatic carbocycles. The summed E-state index contributed by atoms with van der Waals surface area (Å²) in [6, 6.07) is 7.30. The molecule has 4 rings (SSSR count). The molecule has 1 aromatic rings. The van der Waals surface area contributed by atoms with Crippen molar-refractivity contribution in [1.29, 1.82) is 0 Å². The summed E-state index contributed by atoms with van der Waals surface area (Å²) in [6.07, 6.45) is 7.80. The van der Waals surface area contributed by atoms with Crippen LogP contribution in [0.15, 0.2) is 41.0 Å². The molecule has 1 aromatic carbocycles. The molecule has 4 atom stereocenters. The summed E-state index contributed by atoms with van der Waals surface area (Å²) >= 11 is 0. The fourth-order valence-corrected chi connectivity index (χ4v) is 5.68. The molecule has 1 N–H and O–H groups in total. The molecule has 31 heavy (non-hydrogen) atoms. The number of hydrogen-bond acceptors (Lipinski definition) is 4. The lowest BCUT2D eigenvalue weighted by molar-refractivity contribution is -0.138. The van der Waals surface area contributed by atoms with Crippen LogP contribution in [0.3, 0.4) is 0 Å². The second kappa shape index (κ2) is 8.99. The summed E-state index contributed by atoms with van der Waals surface area (Å²) in [5.41, 5.74) is 5.10. The van der Waals surface area contributed by atoms with Gasteiger partial charge in [-0.25, -0.2) is 0 Å². The number of imide groups is 1. The van der Waals surface area contributed by atoms with Crippen molar-refractivity contribution in [3.8, 4) is 5.75 Å². The summed E-state index contributed by atoms with van der Waals surface area (Å²) in [5, 5.41) is 9.53. The van der Waals surface area contributed by atoms with Gasteiger partial charge in [0.15, 0.2) is 0 Å². The Labute approximate surface area is 184 Å². The van der Waals surface area contributed by atoms with Gasteiger partial charge in [0, 0.05) is 13.0 Å². The Morgan fingerprint density at radius 1 is 1.13 bits per heavy atom. The van der Waals surface area contributed by atoms with Gasteiger partial charge in [0.1, 0.15) is 5.75 Å². The van der Waals surface area contributed by atoms with Gasteiger partial charge in [0.05, 0.1) is 24.5 Å². The van der Waals surface area contributed by atoms with Crippen LogP contribution in [-0.4, -0.2) is 41.6 Å². The van der Waals surface area contributed by atoms with E-state index in [2.05, 4.69) is 19.9 Å². The third-order valence-corrected chi connectivity index (χ3v) is 7.22. The van der Waals surface area contributed by atoms with E-state index < -0.39 is 0 Å². The van der Waals surface area contributed by atoms with E-state index in [0.717, 1.165) is 37.7 Å². The molecule has 2 heterocycles. The first-order valence-electron chi connectivity index (χ1n) is 11.6. The number of aromatic hydroxyl groups is 1. The molecule has 0 aromatic heterocycles. The predicted molar refractivity (Wildman–Crippen MR) is 120 cm³/mol. The summed E-state index contributed by atoms with van der Waals surface area (Å²) in [5.74, 6) is -0.166. The lowest BCUT2D eigenvalue weighted by Crippen LogP contribution is -2.33. The monoisotopic (exact) mass is 423 g/mol. The third kappa shape index (κ3) is 4.08. The van der Waals surface area contributed by atoms with E-state index in [0.29, 0.717) is 13.0 Å². The zero-order valence-corrected chi connectivity index (χ0v) is 18.8. The number of nitrogens with zero attached hydrogens (tertiary/aromatic N) is 1. The Bertz CT molecular complexity index is 914. The third-order valence-electron chi connectivity index (χ3n) is 7.22. The molecular weight excluding hydrogens is 390 g/mol. The zero-order valence-electron chi connectivity index (χ0n) is 18.8. The van der Waals surface area contributed by atoms with E-state index in [1.165, 1.54) is 21.6 Å². The summed E-state index contributed by atoms with van der Waals surface area (Å²) in [6.45, 7) is 4.88. The molecule has 0 spiro atoms. The minimum absolute atomic E-state index is 0.0227. The maximum atomic E-state index is 12.8. The number of likely N-dealkylation sites (tertiary alicyclic amines) is 1. The lowest BCUT2D eigenvalue weighted by atomic mass is 9.69. The van der Waals surface area contributed by atoms with E-state index in [9.17, 15) is 14.7 Å². The molecule has 0 bridgehead atoms.